The van der Waals surface area contributed by atoms with Crippen molar-refractivity contribution in [1.82, 2.24) is 10.2 Å². The molecule has 2 aromatic carbocycles. The number of nitrogens with zero attached hydrogens (tertiary/aromatic N) is 1. The smallest absolute Gasteiger partial charge is 0.253 e. The molecule has 0 bridgehead atoms. The fourth-order valence-corrected chi connectivity index (χ4v) is 4.23. The lowest BCUT2D eigenvalue weighted by molar-refractivity contribution is -0.125. The molecule has 2 amide bonds. The molecule has 172 valence electrons. The second-order valence-corrected chi connectivity index (χ2v) is 8.12. The average Bonchev–Trinajstić information content (AvgIpc) is 3.26. The van der Waals surface area contributed by atoms with Gasteiger partial charge in [0.2, 0.25) is 5.91 Å². The van der Waals surface area contributed by atoms with Gasteiger partial charge in [-0.25, -0.2) is 0 Å². The second-order valence-electron chi connectivity index (χ2n) is 7.68. The summed E-state index contributed by atoms with van der Waals surface area (Å²) in [6.45, 7) is 1.75. The Balaban J connectivity index is 1.89. The van der Waals surface area contributed by atoms with Crippen LogP contribution in [0.25, 0.3) is 0 Å². The van der Waals surface area contributed by atoms with Crippen molar-refractivity contribution in [3.05, 3.63) is 58.6 Å². The number of likely N-dealkylation sites (tertiary alicyclic amines) is 1. The van der Waals surface area contributed by atoms with Crippen LogP contribution < -0.4 is 14.8 Å². The lowest BCUT2D eigenvalue weighted by atomic mass is 9.87. The van der Waals surface area contributed by atoms with Gasteiger partial charge in [-0.1, -0.05) is 17.7 Å². The van der Waals surface area contributed by atoms with Gasteiger partial charge in [0, 0.05) is 55.4 Å². The molecule has 1 N–H and O–H groups in total. The number of halogens is 1. The van der Waals surface area contributed by atoms with Crippen LogP contribution in [0, 0.1) is 5.92 Å². The molecular formula is C24H29ClN2O5. The number of amides is 2. The Morgan fingerprint density at radius 2 is 1.91 bits per heavy atom. The zero-order chi connectivity index (χ0) is 23.1. The van der Waals surface area contributed by atoms with Gasteiger partial charge >= 0.3 is 0 Å². The van der Waals surface area contributed by atoms with Crippen molar-refractivity contribution < 1.29 is 23.8 Å². The number of hydrogen-bond donors (Lipinski definition) is 1. The molecule has 1 fully saturated rings. The van der Waals surface area contributed by atoms with E-state index in [1.54, 1.807) is 50.5 Å². The molecule has 0 spiro atoms. The maximum Gasteiger partial charge on any atom is 0.253 e. The van der Waals surface area contributed by atoms with Gasteiger partial charge < -0.3 is 24.4 Å². The number of carbonyl (C=O) groups excluding carboxylic acids is 2. The first-order chi connectivity index (χ1) is 15.5. The van der Waals surface area contributed by atoms with E-state index in [1.807, 2.05) is 18.2 Å². The van der Waals surface area contributed by atoms with Crippen LogP contribution in [0.3, 0.4) is 0 Å². The van der Waals surface area contributed by atoms with Crippen molar-refractivity contribution in [3.8, 4) is 11.5 Å². The number of ether oxygens (including phenoxy) is 3. The molecule has 32 heavy (non-hydrogen) atoms. The van der Waals surface area contributed by atoms with E-state index in [1.165, 1.54) is 0 Å². The molecule has 2 atom stereocenters. The molecule has 1 aliphatic heterocycles. The molecule has 0 aromatic heterocycles. The molecule has 1 heterocycles. The normalized spacial score (nSPS) is 17.8. The SMILES string of the molecule is COCCCNC(=O)[C@@H]1CN(C(=O)c2cccc(Cl)c2)C[C@@H]1c1cc(OC)ccc1OC. The summed E-state index contributed by atoms with van der Waals surface area (Å²) in [5.41, 5.74) is 1.33. The van der Waals surface area contributed by atoms with Gasteiger partial charge in [-0.2, -0.15) is 0 Å². The average molecular weight is 461 g/mol. The molecule has 3 rings (SSSR count). The minimum absolute atomic E-state index is 0.0997. The number of benzene rings is 2. The Morgan fingerprint density at radius 1 is 1.09 bits per heavy atom. The van der Waals surface area contributed by atoms with Gasteiger partial charge in [0.1, 0.15) is 11.5 Å². The molecule has 0 aliphatic carbocycles. The standard InChI is InChI=1S/C24H29ClN2O5/c1-30-11-5-10-26-23(28)21-15-27(24(29)16-6-4-7-17(25)12-16)14-20(21)19-13-18(31-2)8-9-22(19)32-3/h4,6-9,12-13,20-21H,5,10-11,14-15H2,1-3H3,(H,26,28)/t20-,21-/m1/s1. The summed E-state index contributed by atoms with van der Waals surface area (Å²) in [4.78, 5) is 28.0. The molecule has 0 radical (unpaired) electrons. The topological polar surface area (TPSA) is 77.1 Å². The Bertz CT molecular complexity index is 952. The molecule has 0 unspecified atom stereocenters. The number of methoxy groups -OCH3 is 3. The first-order valence-corrected chi connectivity index (χ1v) is 10.9. The Morgan fingerprint density at radius 3 is 2.59 bits per heavy atom. The Kier molecular flexibility index (Phi) is 8.36. The predicted molar refractivity (Wildman–Crippen MR) is 123 cm³/mol. The summed E-state index contributed by atoms with van der Waals surface area (Å²) < 4.78 is 16.0. The predicted octanol–water partition coefficient (Wildman–Crippen LogP) is 3.37. The maximum absolute atomic E-state index is 13.2. The summed E-state index contributed by atoms with van der Waals surface area (Å²) in [5.74, 6) is 0.392. The highest BCUT2D eigenvalue weighted by molar-refractivity contribution is 6.30. The van der Waals surface area contributed by atoms with Gasteiger partial charge in [0.05, 0.1) is 20.1 Å². The van der Waals surface area contributed by atoms with Crippen molar-refractivity contribution in [2.75, 3.05) is 47.6 Å². The number of nitrogens with one attached hydrogen (secondary N) is 1. The largest absolute Gasteiger partial charge is 0.497 e. The van der Waals surface area contributed by atoms with E-state index in [-0.39, 0.29) is 17.7 Å². The number of hydrogen-bond acceptors (Lipinski definition) is 5. The van der Waals surface area contributed by atoms with Crippen molar-refractivity contribution in [2.24, 2.45) is 5.92 Å². The lowest BCUT2D eigenvalue weighted by Gasteiger charge is -2.21. The van der Waals surface area contributed by atoms with E-state index in [2.05, 4.69) is 5.32 Å². The van der Waals surface area contributed by atoms with Crippen LogP contribution in [0.15, 0.2) is 42.5 Å². The first-order valence-electron chi connectivity index (χ1n) is 10.5. The number of rotatable bonds is 9. The summed E-state index contributed by atoms with van der Waals surface area (Å²) in [7, 11) is 4.81. The van der Waals surface area contributed by atoms with Gasteiger partial charge in [-0.15, -0.1) is 0 Å². The molecule has 8 heteroatoms. The third-order valence-corrected chi connectivity index (χ3v) is 5.91. The fraction of sp³-hybridized carbons (Fsp3) is 0.417. The van der Waals surface area contributed by atoms with Crippen molar-refractivity contribution in [3.63, 3.8) is 0 Å². The van der Waals surface area contributed by atoms with E-state index in [4.69, 9.17) is 25.8 Å². The monoisotopic (exact) mass is 460 g/mol. The van der Waals surface area contributed by atoms with E-state index in [9.17, 15) is 9.59 Å². The van der Waals surface area contributed by atoms with Crippen molar-refractivity contribution in [1.29, 1.82) is 0 Å². The fourth-order valence-electron chi connectivity index (χ4n) is 4.04. The Hall–Kier alpha value is -2.77. The molecular weight excluding hydrogens is 432 g/mol. The minimum Gasteiger partial charge on any atom is -0.497 e. The van der Waals surface area contributed by atoms with E-state index >= 15 is 0 Å². The van der Waals surface area contributed by atoms with Crippen LogP contribution in [-0.4, -0.2) is 64.3 Å². The van der Waals surface area contributed by atoms with Gasteiger partial charge in [-0.3, -0.25) is 9.59 Å². The van der Waals surface area contributed by atoms with Crippen LogP contribution in [0.5, 0.6) is 11.5 Å². The molecule has 0 saturated carbocycles. The Labute approximate surface area is 193 Å². The van der Waals surface area contributed by atoms with Crippen molar-refractivity contribution in [2.45, 2.75) is 12.3 Å². The summed E-state index contributed by atoms with van der Waals surface area (Å²) >= 11 is 6.08. The molecule has 1 saturated heterocycles. The second kappa shape index (κ2) is 11.2. The maximum atomic E-state index is 13.2. The van der Waals surface area contributed by atoms with Crippen LogP contribution in [0.4, 0.5) is 0 Å². The van der Waals surface area contributed by atoms with Crippen LogP contribution in [0.2, 0.25) is 5.02 Å². The third-order valence-electron chi connectivity index (χ3n) is 5.68. The minimum atomic E-state index is -0.429. The van der Waals surface area contributed by atoms with E-state index < -0.39 is 5.92 Å². The van der Waals surface area contributed by atoms with E-state index in [0.29, 0.717) is 54.7 Å². The summed E-state index contributed by atoms with van der Waals surface area (Å²) in [6, 6.07) is 12.4. The van der Waals surface area contributed by atoms with Crippen LogP contribution >= 0.6 is 11.6 Å². The van der Waals surface area contributed by atoms with Crippen LogP contribution in [0.1, 0.15) is 28.3 Å². The first kappa shape index (κ1) is 23.9. The highest BCUT2D eigenvalue weighted by Gasteiger charge is 2.41. The van der Waals surface area contributed by atoms with Gasteiger partial charge in [-0.05, 0) is 42.8 Å². The zero-order valence-corrected chi connectivity index (χ0v) is 19.4. The quantitative estimate of drug-likeness (QED) is 0.580. The summed E-state index contributed by atoms with van der Waals surface area (Å²) in [5, 5.41) is 3.48. The van der Waals surface area contributed by atoms with Crippen LogP contribution in [-0.2, 0) is 9.53 Å². The molecule has 7 nitrogen and oxygen atoms in total. The highest BCUT2D eigenvalue weighted by atomic mass is 35.5. The highest BCUT2D eigenvalue weighted by Crippen LogP contribution is 2.40. The van der Waals surface area contributed by atoms with Gasteiger partial charge in [0.25, 0.3) is 5.91 Å². The number of carbonyl (C=O) groups is 2. The van der Waals surface area contributed by atoms with Crippen molar-refractivity contribution >= 4 is 23.4 Å². The molecule has 2 aromatic rings. The third kappa shape index (κ3) is 5.53. The van der Waals surface area contributed by atoms with Gasteiger partial charge in [0.15, 0.2) is 0 Å². The lowest BCUT2D eigenvalue weighted by Crippen LogP contribution is -2.36. The molecule has 1 aliphatic rings. The van der Waals surface area contributed by atoms with E-state index in [0.717, 1.165) is 5.56 Å². The summed E-state index contributed by atoms with van der Waals surface area (Å²) in [6.07, 6.45) is 0.716. The zero-order valence-electron chi connectivity index (χ0n) is 18.6.